The molecule has 3 aromatic rings. The fourth-order valence-corrected chi connectivity index (χ4v) is 3.87. The maximum atomic E-state index is 12.7. The smallest absolute Gasteiger partial charge is 0.344 e. The average molecular weight is 413 g/mol. The quantitative estimate of drug-likeness (QED) is 0.656. The molecule has 3 rings (SSSR count). The number of hydrogen-bond donors (Lipinski definition) is 1. The summed E-state index contributed by atoms with van der Waals surface area (Å²) >= 11 is 0. The zero-order valence-corrected chi connectivity index (χ0v) is 17.5. The molecule has 0 fully saturated rings. The summed E-state index contributed by atoms with van der Waals surface area (Å²) in [5.41, 5.74) is 8.09. The van der Waals surface area contributed by atoms with Crippen LogP contribution in [0.2, 0.25) is 0 Å². The van der Waals surface area contributed by atoms with Gasteiger partial charge in [0, 0.05) is 6.07 Å². The van der Waals surface area contributed by atoms with Crippen LogP contribution in [0.4, 0.5) is 5.82 Å². The van der Waals surface area contributed by atoms with E-state index in [2.05, 4.69) is 25.9 Å². The van der Waals surface area contributed by atoms with Gasteiger partial charge in [0.05, 0.1) is 10.5 Å². The van der Waals surface area contributed by atoms with Crippen LogP contribution in [0.5, 0.6) is 5.88 Å². The Bertz CT molecular complexity index is 1140. The van der Waals surface area contributed by atoms with E-state index in [0.717, 1.165) is 11.1 Å². The van der Waals surface area contributed by atoms with E-state index in [-0.39, 0.29) is 22.0 Å². The first kappa shape index (κ1) is 20.6. The van der Waals surface area contributed by atoms with Crippen molar-refractivity contribution in [3.8, 4) is 5.88 Å². The molecule has 7 nitrogen and oxygen atoms in total. The van der Waals surface area contributed by atoms with Crippen molar-refractivity contribution >= 4 is 21.8 Å². The molecule has 0 unspecified atom stereocenters. The molecular weight excluding hydrogens is 390 g/mol. The lowest BCUT2D eigenvalue weighted by atomic mass is 9.87. The second-order valence-corrected chi connectivity index (χ2v) is 9.55. The van der Waals surface area contributed by atoms with Gasteiger partial charge in [-0.2, -0.15) is 8.42 Å². The number of carbonyl (C=O) groups excluding carboxylic acids is 1. The molecule has 0 saturated heterocycles. The average Bonchev–Trinajstić information content (AvgIpc) is 3.02. The van der Waals surface area contributed by atoms with Gasteiger partial charge in [-0.15, -0.1) is 9.19 Å². The van der Waals surface area contributed by atoms with E-state index in [9.17, 15) is 13.2 Å². The largest absolute Gasteiger partial charge is 0.402 e. The van der Waals surface area contributed by atoms with E-state index in [1.807, 2.05) is 19.1 Å². The molecule has 2 aromatic carbocycles. The van der Waals surface area contributed by atoms with Crippen molar-refractivity contribution < 1.29 is 17.9 Å². The first-order chi connectivity index (χ1) is 13.5. The lowest BCUT2D eigenvalue weighted by Gasteiger charge is -2.18. The molecule has 0 saturated carbocycles. The number of aryl methyl sites for hydroxylation is 1. The fraction of sp³-hybridized carbons (Fsp3) is 0.238. The standard InChI is InChI=1S/C21H23N3O4S/c1-14-5-11-17(12-6-14)29(26,27)24-18(22)13-19(23-24)28-20(25)15-7-9-16(10-8-15)21(2,3)4/h5-13H,22H2,1-4H3. The number of anilines is 1. The van der Waals surface area contributed by atoms with Crippen molar-refractivity contribution in [2.75, 3.05) is 5.73 Å². The predicted molar refractivity (Wildman–Crippen MR) is 111 cm³/mol. The Morgan fingerprint density at radius 3 is 2.17 bits per heavy atom. The molecule has 29 heavy (non-hydrogen) atoms. The Morgan fingerprint density at radius 2 is 1.62 bits per heavy atom. The van der Waals surface area contributed by atoms with Gasteiger partial charge < -0.3 is 10.5 Å². The van der Waals surface area contributed by atoms with Gasteiger partial charge in [0.2, 0.25) is 5.88 Å². The first-order valence-corrected chi connectivity index (χ1v) is 10.4. The zero-order chi connectivity index (χ0) is 21.4. The van der Waals surface area contributed by atoms with E-state index in [4.69, 9.17) is 10.5 Å². The highest BCUT2D eigenvalue weighted by Crippen LogP contribution is 2.24. The molecule has 0 aliphatic rings. The third kappa shape index (κ3) is 4.32. The molecular formula is C21H23N3O4S. The number of ether oxygens (including phenoxy) is 1. The maximum absolute atomic E-state index is 12.7. The fourth-order valence-electron chi connectivity index (χ4n) is 2.67. The summed E-state index contributed by atoms with van der Waals surface area (Å²) in [7, 11) is -4.00. The van der Waals surface area contributed by atoms with E-state index in [1.165, 1.54) is 18.2 Å². The van der Waals surface area contributed by atoms with Gasteiger partial charge in [0.25, 0.3) is 10.0 Å². The third-order valence-electron chi connectivity index (χ3n) is 4.41. The van der Waals surface area contributed by atoms with Crippen molar-refractivity contribution in [2.45, 2.75) is 38.0 Å². The number of hydrogen-bond acceptors (Lipinski definition) is 6. The van der Waals surface area contributed by atoms with Gasteiger partial charge in [0.15, 0.2) is 0 Å². The zero-order valence-electron chi connectivity index (χ0n) is 16.7. The van der Waals surface area contributed by atoms with Crippen molar-refractivity contribution in [2.24, 2.45) is 0 Å². The second-order valence-electron chi connectivity index (χ2n) is 7.79. The maximum Gasteiger partial charge on any atom is 0.344 e. The van der Waals surface area contributed by atoms with Crippen LogP contribution in [-0.2, 0) is 15.4 Å². The SMILES string of the molecule is Cc1ccc(S(=O)(=O)n2nc(OC(=O)c3ccc(C(C)(C)C)cc3)cc2N)cc1. The molecule has 0 bridgehead atoms. The highest BCUT2D eigenvalue weighted by molar-refractivity contribution is 7.90. The van der Waals surface area contributed by atoms with Gasteiger partial charge >= 0.3 is 5.97 Å². The number of rotatable bonds is 4. The Labute approximate surface area is 170 Å². The van der Waals surface area contributed by atoms with Crippen LogP contribution in [0.25, 0.3) is 0 Å². The van der Waals surface area contributed by atoms with Crippen LogP contribution in [0.3, 0.4) is 0 Å². The Balaban J connectivity index is 1.83. The number of aromatic nitrogens is 2. The molecule has 1 aromatic heterocycles. The van der Waals surface area contributed by atoms with Crippen LogP contribution in [-0.4, -0.2) is 23.6 Å². The molecule has 0 radical (unpaired) electrons. The lowest BCUT2D eigenvalue weighted by Crippen LogP contribution is -2.17. The number of benzene rings is 2. The van der Waals surface area contributed by atoms with Crippen molar-refractivity contribution in [3.05, 3.63) is 71.3 Å². The van der Waals surface area contributed by atoms with E-state index in [0.29, 0.717) is 9.65 Å². The molecule has 2 N–H and O–H groups in total. The van der Waals surface area contributed by atoms with Gasteiger partial charge in [-0.05, 0) is 42.2 Å². The number of nitrogens with zero attached hydrogens (tertiary/aromatic N) is 2. The number of esters is 1. The normalized spacial score (nSPS) is 12.0. The van der Waals surface area contributed by atoms with Crippen molar-refractivity contribution in [1.29, 1.82) is 0 Å². The lowest BCUT2D eigenvalue weighted by molar-refractivity contribution is 0.0727. The Hall–Kier alpha value is -3.13. The molecule has 1 heterocycles. The second kappa shape index (κ2) is 7.36. The monoisotopic (exact) mass is 413 g/mol. The van der Waals surface area contributed by atoms with Gasteiger partial charge in [-0.3, -0.25) is 0 Å². The van der Waals surface area contributed by atoms with Gasteiger partial charge in [0.1, 0.15) is 5.82 Å². The van der Waals surface area contributed by atoms with E-state index >= 15 is 0 Å². The van der Waals surface area contributed by atoms with Crippen LogP contribution in [0, 0.1) is 6.92 Å². The van der Waals surface area contributed by atoms with Crippen LogP contribution in [0.1, 0.15) is 42.3 Å². The summed E-state index contributed by atoms with van der Waals surface area (Å²) < 4.78 is 31.4. The van der Waals surface area contributed by atoms with E-state index in [1.54, 1.807) is 24.3 Å². The molecule has 0 amide bonds. The summed E-state index contributed by atoms with van der Waals surface area (Å²) in [5, 5.41) is 3.86. The van der Waals surface area contributed by atoms with Crippen LogP contribution >= 0.6 is 0 Å². The number of carbonyl (C=O) groups is 1. The molecule has 0 aliphatic heterocycles. The number of nitrogens with two attached hydrogens (primary N) is 1. The van der Waals surface area contributed by atoms with Gasteiger partial charge in [-0.25, -0.2) is 4.79 Å². The summed E-state index contributed by atoms with van der Waals surface area (Å²) in [6.07, 6.45) is 0. The van der Waals surface area contributed by atoms with Crippen molar-refractivity contribution in [3.63, 3.8) is 0 Å². The summed E-state index contributed by atoms with van der Waals surface area (Å²) in [4.78, 5) is 12.4. The number of nitrogen functional groups attached to an aromatic ring is 1. The van der Waals surface area contributed by atoms with Crippen LogP contribution < -0.4 is 10.5 Å². The predicted octanol–water partition coefficient (Wildman–Crippen LogP) is 3.53. The molecule has 8 heteroatoms. The summed E-state index contributed by atoms with van der Waals surface area (Å²) in [6.45, 7) is 8.07. The van der Waals surface area contributed by atoms with Crippen LogP contribution in [0.15, 0.2) is 59.5 Å². The highest BCUT2D eigenvalue weighted by Gasteiger charge is 2.23. The Kier molecular flexibility index (Phi) is 5.23. The summed E-state index contributed by atoms with van der Waals surface area (Å²) in [5.74, 6) is -0.998. The van der Waals surface area contributed by atoms with Gasteiger partial charge in [-0.1, -0.05) is 50.6 Å². The molecule has 0 spiro atoms. The molecule has 152 valence electrons. The highest BCUT2D eigenvalue weighted by atomic mass is 32.2. The molecule has 0 aliphatic carbocycles. The first-order valence-electron chi connectivity index (χ1n) is 8.99. The third-order valence-corrected chi connectivity index (χ3v) is 6.03. The van der Waals surface area contributed by atoms with E-state index < -0.39 is 16.0 Å². The Morgan fingerprint density at radius 1 is 1.03 bits per heavy atom. The minimum Gasteiger partial charge on any atom is -0.402 e. The topological polar surface area (TPSA) is 104 Å². The minimum absolute atomic E-state index is 0.0357. The van der Waals surface area contributed by atoms with Crippen molar-refractivity contribution in [1.82, 2.24) is 9.19 Å². The summed E-state index contributed by atoms with van der Waals surface area (Å²) in [6, 6.07) is 14.5. The minimum atomic E-state index is -4.00. The molecule has 0 atom stereocenters.